The van der Waals surface area contributed by atoms with Crippen LogP contribution in [0.15, 0.2) is 24.3 Å². The Labute approximate surface area is 109 Å². The number of benzene rings is 1. The molecule has 0 saturated heterocycles. The number of ether oxygens (including phenoxy) is 1. The molecule has 0 spiro atoms. The number of carbonyl (C=O) groups is 1. The zero-order chi connectivity index (χ0) is 13.4. The lowest BCUT2D eigenvalue weighted by Crippen LogP contribution is -2.22. The molecule has 0 saturated carbocycles. The minimum atomic E-state index is -1.01. The first-order valence-electron chi connectivity index (χ1n) is 6.60. The standard InChI is InChI=1S/C15H22O3/c1-3-5-8-12-9-6-7-10-13(12)11-18-15(17)14(16)4-2/h6-7,9-10,14,16H,3-5,8,11H2,1-2H3. The third kappa shape index (κ3) is 4.49. The summed E-state index contributed by atoms with van der Waals surface area (Å²) in [5.74, 6) is -0.539. The Hall–Kier alpha value is -1.35. The van der Waals surface area contributed by atoms with Crippen LogP contribution < -0.4 is 0 Å². The lowest BCUT2D eigenvalue weighted by Gasteiger charge is -2.11. The van der Waals surface area contributed by atoms with Crippen molar-refractivity contribution in [1.29, 1.82) is 0 Å². The van der Waals surface area contributed by atoms with E-state index in [1.807, 2.05) is 18.2 Å². The molecule has 1 atom stereocenters. The van der Waals surface area contributed by atoms with Crippen molar-refractivity contribution in [3.05, 3.63) is 35.4 Å². The van der Waals surface area contributed by atoms with Crippen LogP contribution in [0, 0.1) is 0 Å². The van der Waals surface area contributed by atoms with Crippen LogP contribution in [0.25, 0.3) is 0 Å². The molecule has 0 aliphatic rings. The molecule has 1 unspecified atom stereocenters. The second kappa shape index (κ2) is 7.88. The van der Waals surface area contributed by atoms with E-state index in [-0.39, 0.29) is 6.61 Å². The highest BCUT2D eigenvalue weighted by molar-refractivity contribution is 5.74. The van der Waals surface area contributed by atoms with E-state index in [1.54, 1.807) is 6.92 Å². The van der Waals surface area contributed by atoms with Gasteiger partial charge in [0, 0.05) is 0 Å². The second-order valence-electron chi connectivity index (χ2n) is 4.40. The maximum Gasteiger partial charge on any atom is 0.335 e. The molecule has 0 fully saturated rings. The fourth-order valence-electron chi connectivity index (χ4n) is 1.72. The predicted molar refractivity (Wildman–Crippen MR) is 71.1 cm³/mol. The van der Waals surface area contributed by atoms with E-state index in [0.717, 1.165) is 24.8 Å². The van der Waals surface area contributed by atoms with E-state index in [4.69, 9.17) is 4.74 Å². The first kappa shape index (κ1) is 14.7. The van der Waals surface area contributed by atoms with Gasteiger partial charge in [-0.15, -0.1) is 0 Å². The average molecular weight is 250 g/mol. The molecule has 100 valence electrons. The van der Waals surface area contributed by atoms with Crippen LogP contribution in [-0.4, -0.2) is 17.2 Å². The van der Waals surface area contributed by atoms with Gasteiger partial charge in [0.2, 0.25) is 0 Å². The Kier molecular flexibility index (Phi) is 6.44. The van der Waals surface area contributed by atoms with Crippen molar-refractivity contribution in [3.63, 3.8) is 0 Å². The van der Waals surface area contributed by atoms with Crippen molar-refractivity contribution in [2.45, 2.75) is 52.2 Å². The van der Waals surface area contributed by atoms with Crippen LogP contribution in [0.3, 0.4) is 0 Å². The highest BCUT2D eigenvalue weighted by atomic mass is 16.5. The summed E-state index contributed by atoms with van der Waals surface area (Å²) in [5, 5.41) is 9.34. The first-order valence-corrected chi connectivity index (χ1v) is 6.60. The quantitative estimate of drug-likeness (QED) is 0.757. The summed E-state index contributed by atoms with van der Waals surface area (Å²) in [4.78, 5) is 11.4. The molecule has 0 aromatic heterocycles. The van der Waals surface area contributed by atoms with Crippen molar-refractivity contribution in [2.24, 2.45) is 0 Å². The minimum Gasteiger partial charge on any atom is -0.459 e. The topological polar surface area (TPSA) is 46.5 Å². The second-order valence-corrected chi connectivity index (χ2v) is 4.40. The molecule has 1 aromatic carbocycles. The van der Waals surface area contributed by atoms with Gasteiger partial charge < -0.3 is 9.84 Å². The van der Waals surface area contributed by atoms with E-state index in [9.17, 15) is 9.90 Å². The van der Waals surface area contributed by atoms with Gasteiger partial charge in [0.1, 0.15) is 6.61 Å². The number of rotatable bonds is 7. The Morgan fingerprint density at radius 1 is 1.28 bits per heavy atom. The number of aryl methyl sites for hydroxylation is 1. The highest BCUT2D eigenvalue weighted by Gasteiger charge is 2.14. The first-order chi connectivity index (χ1) is 8.69. The highest BCUT2D eigenvalue weighted by Crippen LogP contribution is 2.13. The maximum atomic E-state index is 11.4. The van der Waals surface area contributed by atoms with Gasteiger partial charge in [0.05, 0.1) is 0 Å². The molecule has 0 aliphatic heterocycles. The molecule has 3 nitrogen and oxygen atoms in total. The molecule has 0 amide bonds. The molecule has 18 heavy (non-hydrogen) atoms. The van der Waals surface area contributed by atoms with Crippen molar-refractivity contribution < 1.29 is 14.6 Å². The Bertz CT molecular complexity index is 374. The minimum absolute atomic E-state index is 0.246. The van der Waals surface area contributed by atoms with Gasteiger partial charge in [-0.1, -0.05) is 44.5 Å². The number of aliphatic hydroxyl groups is 1. The average Bonchev–Trinajstić information content (AvgIpc) is 2.42. The zero-order valence-corrected chi connectivity index (χ0v) is 11.2. The van der Waals surface area contributed by atoms with Crippen LogP contribution in [0.4, 0.5) is 0 Å². The molecule has 0 heterocycles. The van der Waals surface area contributed by atoms with Crippen LogP contribution in [0.5, 0.6) is 0 Å². The monoisotopic (exact) mass is 250 g/mol. The third-order valence-electron chi connectivity index (χ3n) is 2.95. The summed E-state index contributed by atoms with van der Waals surface area (Å²) < 4.78 is 5.11. The number of esters is 1. The van der Waals surface area contributed by atoms with Gasteiger partial charge in [-0.25, -0.2) is 4.79 Å². The van der Waals surface area contributed by atoms with E-state index >= 15 is 0 Å². The largest absolute Gasteiger partial charge is 0.459 e. The number of hydrogen-bond acceptors (Lipinski definition) is 3. The molecule has 0 bridgehead atoms. The molecule has 3 heteroatoms. The van der Waals surface area contributed by atoms with Crippen LogP contribution in [0.1, 0.15) is 44.2 Å². The van der Waals surface area contributed by atoms with Crippen molar-refractivity contribution in [3.8, 4) is 0 Å². The molecule has 0 radical (unpaired) electrons. The summed E-state index contributed by atoms with van der Waals surface area (Å²) in [6.45, 7) is 4.15. The Balaban J connectivity index is 2.58. The fraction of sp³-hybridized carbons (Fsp3) is 0.533. The van der Waals surface area contributed by atoms with Gasteiger partial charge in [-0.3, -0.25) is 0 Å². The zero-order valence-electron chi connectivity index (χ0n) is 11.2. The fourth-order valence-corrected chi connectivity index (χ4v) is 1.72. The summed E-state index contributed by atoms with van der Waals surface area (Å²) >= 11 is 0. The SMILES string of the molecule is CCCCc1ccccc1COC(=O)C(O)CC. The van der Waals surface area contributed by atoms with Crippen molar-refractivity contribution >= 4 is 5.97 Å². The van der Waals surface area contributed by atoms with Gasteiger partial charge in [0.15, 0.2) is 6.10 Å². The number of aliphatic hydroxyl groups excluding tert-OH is 1. The van der Waals surface area contributed by atoms with Crippen LogP contribution >= 0.6 is 0 Å². The molecule has 1 N–H and O–H groups in total. The van der Waals surface area contributed by atoms with Gasteiger partial charge in [-0.2, -0.15) is 0 Å². The maximum absolute atomic E-state index is 11.4. The lowest BCUT2D eigenvalue weighted by molar-refractivity contribution is -0.155. The molecule has 1 rings (SSSR count). The number of unbranched alkanes of at least 4 members (excludes halogenated alkanes) is 1. The van der Waals surface area contributed by atoms with Crippen molar-refractivity contribution in [2.75, 3.05) is 0 Å². The number of hydrogen-bond donors (Lipinski definition) is 1. The molecule has 1 aromatic rings. The predicted octanol–water partition coefficient (Wildman–Crippen LogP) is 2.84. The molecular weight excluding hydrogens is 228 g/mol. The van der Waals surface area contributed by atoms with Crippen molar-refractivity contribution in [1.82, 2.24) is 0 Å². The number of carbonyl (C=O) groups excluding carboxylic acids is 1. The summed E-state index contributed by atoms with van der Waals surface area (Å²) in [7, 11) is 0. The smallest absolute Gasteiger partial charge is 0.335 e. The lowest BCUT2D eigenvalue weighted by atomic mass is 10.0. The Morgan fingerprint density at radius 3 is 2.56 bits per heavy atom. The normalized spacial score (nSPS) is 12.2. The third-order valence-corrected chi connectivity index (χ3v) is 2.95. The van der Waals surface area contributed by atoms with Crippen LogP contribution in [0.2, 0.25) is 0 Å². The van der Waals surface area contributed by atoms with Gasteiger partial charge in [-0.05, 0) is 30.4 Å². The van der Waals surface area contributed by atoms with Gasteiger partial charge >= 0.3 is 5.97 Å². The van der Waals surface area contributed by atoms with E-state index in [1.165, 1.54) is 5.56 Å². The van der Waals surface area contributed by atoms with E-state index in [2.05, 4.69) is 13.0 Å². The summed E-state index contributed by atoms with van der Waals surface area (Å²) in [6.07, 6.45) is 2.65. The molecular formula is C15H22O3. The molecule has 0 aliphatic carbocycles. The van der Waals surface area contributed by atoms with E-state index < -0.39 is 12.1 Å². The summed E-state index contributed by atoms with van der Waals surface area (Å²) in [6, 6.07) is 7.97. The van der Waals surface area contributed by atoms with Crippen LogP contribution in [-0.2, 0) is 22.6 Å². The Morgan fingerprint density at radius 2 is 1.94 bits per heavy atom. The summed E-state index contributed by atoms with van der Waals surface area (Å²) in [5.41, 5.74) is 2.25. The van der Waals surface area contributed by atoms with E-state index in [0.29, 0.717) is 6.42 Å². The van der Waals surface area contributed by atoms with Gasteiger partial charge in [0.25, 0.3) is 0 Å².